The molecule has 198 valence electrons. The second-order valence-corrected chi connectivity index (χ2v) is 9.88. The Labute approximate surface area is 226 Å². The second-order valence-electron chi connectivity index (χ2n) is 9.88. The molecule has 1 aliphatic heterocycles. The molecule has 0 aliphatic carbocycles. The third-order valence-electron chi connectivity index (χ3n) is 8.07. The summed E-state index contributed by atoms with van der Waals surface area (Å²) in [5.41, 5.74) is 1.31. The van der Waals surface area contributed by atoms with Crippen LogP contribution in [-0.4, -0.2) is 61.5 Å². The number of halogens is 2. The van der Waals surface area contributed by atoms with Gasteiger partial charge in [0.25, 0.3) is 0 Å². The maximum Gasteiger partial charge on any atom is 0.234 e. The van der Waals surface area contributed by atoms with Crippen LogP contribution >= 0.6 is 24.8 Å². The van der Waals surface area contributed by atoms with Gasteiger partial charge in [0.05, 0.1) is 6.54 Å². The predicted octanol–water partition coefficient (Wildman–Crippen LogP) is 6.30. The normalized spacial score (nSPS) is 16.7. The number of rotatable bonds is 12. The van der Waals surface area contributed by atoms with E-state index in [9.17, 15) is 4.79 Å². The maximum absolute atomic E-state index is 13.0. The summed E-state index contributed by atoms with van der Waals surface area (Å²) in [5, 5.41) is 6.01. The number of benzene rings is 2. The van der Waals surface area contributed by atoms with E-state index in [0.29, 0.717) is 19.0 Å². The van der Waals surface area contributed by atoms with Crippen molar-refractivity contribution in [2.45, 2.75) is 65.2 Å². The van der Waals surface area contributed by atoms with E-state index in [-0.39, 0.29) is 36.1 Å². The topological polar surface area (TPSA) is 35.6 Å². The first kappa shape index (κ1) is 31.7. The van der Waals surface area contributed by atoms with Crippen LogP contribution in [0.4, 0.5) is 0 Å². The molecular formula is C29H47Cl2N3O. The molecule has 0 saturated carbocycles. The van der Waals surface area contributed by atoms with Crippen molar-refractivity contribution < 1.29 is 4.79 Å². The summed E-state index contributed by atoms with van der Waals surface area (Å²) >= 11 is 0. The summed E-state index contributed by atoms with van der Waals surface area (Å²) in [6.45, 7) is 15.4. The highest BCUT2D eigenvalue weighted by Crippen LogP contribution is 2.41. The minimum atomic E-state index is -0.0913. The van der Waals surface area contributed by atoms with Crippen LogP contribution in [0.2, 0.25) is 0 Å². The number of carbonyl (C=O) groups excluding carboxylic acids is 1. The van der Waals surface area contributed by atoms with Crippen LogP contribution in [0, 0.1) is 5.92 Å². The van der Waals surface area contributed by atoms with Crippen molar-refractivity contribution in [3.05, 3.63) is 48.0 Å². The fraction of sp³-hybridized carbons (Fsp3) is 0.621. The van der Waals surface area contributed by atoms with Gasteiger partial charge < -0.3 is 10.2 Å². The first-order valence-corrected chi connectivity index (χ1v) is 13.2. The van der Waals surface area contributed by atoms with Crippen molar-refractivity contribution in [2.75, 3.05) is 45.8 Å². The maximum atomic E-state index is 13.0. The molecule has 0 radical (unpaired) electrons. The summed E-state index contributed by atoms with van der Waals surface area (Å²) in [6, 6.07) is 15.5. The summed E-state index contributed by atoms with van der Waals surface area (Å²) in [5.74, 6) is 0.603. The summed E-state index contributed by atoms with van der Waals surface area (Å²) < 4.78 is 0. The average Bonchev–Trinajstić information content (AvgIpc) is 2.87. The predicted molar refractivity (Wildman–Crippen MR) is 155 cm³/mol. The number of likely N-dealkylation sites (tertiary alicyclic amines) is 1. The largest absolute Gasteiger partial charge is 0.354 e. The van der Waals surface area contributed by atoms with Crippen molar-refractivity contribution in [2.24, 2.45) is 5.92 Å². The van der Waals surface area contributed by atoms with Crippen LogP contribution in [0.25, 0.3) is 10.8 Å². The zero-order chi connectivity index (χ0) is 23.7. The van der Waals surface area contributed by atoms with Gasteiger partial charge in [-0.1, -0.05) is 83.0 Å². The van der Waals surface area contributed by atoms with Crippen molar-refractivity contribution in [3.63, 3.8) is 0 Å². The molecule has 2 unspecified atom stereocenters. The van der Waals surface area contributed by atoms with Gasteiger partial charge in [0, 0.05) is 12.0 Å². The Bertz CT molecular complexity index is 878. The van der Waals surface area contributed by atoms with Gasteiger partial charge in [-0.3, -0.25) is 9.69 Å². The van der Waals surface area contributed by atoms with Crippen molar-refractivity contribution in [1.29, 1.82) is 0 Å². The molecule has 2 aromatic carbocycles. The molecular weight excluding hydrogens is 477 g/mol. The molecule has 6 heteroatoms. The fourth-order valence-corrected chi connectivity index (χ4v) is 5.56. The van der Waals surface area contributed by atoms with Gasteiger partial charge in [-0.25, -0.2) is 0 Å². The van der Waals surface area contributed by atoms with Crippen LogP contribution in [0.3, 0.4) is 0 Å². The number of carbonyl (C=O) groups is 1. The Hall–Kier alpha value is -1.33. The van der Waals surface area contributed by atoms with E-state index in [2.05, 4.69) is 85.3 Å². The summed E-state index contributed by atoms with van der Waals surface area (Å²) in [7, 11) is 0. The highest BCUT2D eigenvalue weighted by molar-refractivity contribution is 5.87. The molecule has 1 aliphatic rings. The first-order valence-electron chi connectivity index (χ1n) is 13.2. The number of likely N-dealkylation sites (N-methyl/N-ethyl adjacent to an activating group) is 1. The molecule has 0 spiro atoms. The number of nitrogens with one attached hydrogen (secondary N) is 1. The molecule has 35 heavy (non-hydrogen) atoms. The van der Waals surface area contributed by atoms with Gasteiger partial charge in [0.2, 0.25) is 5.91 Å². The lowest BCUT2D eigenvalue weighted by molar-refractivity contribution is -0.122. The van der Waals surface area contributed by atoms with E-state index in [1.807, 2.05) is 0 Å². The first-order chi connectivity index (χ1) is 16.0. The average molecular weight is 525 g/mol. The Morgan fingerprint density at radius 2 is 1.66 bits per heavy atom. The van der Waals surface area contributed by atoms with Gasteiger partial charge in [0.15, 0.2) is 0 Å². The third-order valence-corrected chi connectivity index (χ3v) is 8.07. The van der Waals surface area contributed by atoms with Gasteiger partial charge in [-0.2, -0.15) is 0 Å². The molecule has 3 rings (SSSR count). The lowest BCUT2D eigenvalue weighted by Crippen LogP contribution is -2.49. The van der Waals surface area contributed by atoms with Crippen LogP contribution < -0.4 is 5.32 Å². The minimum absolute atomic E-state index is 0. The van der Waals surface area contributed by atoms with Gasteiger partial charge in [0.1, 0.15) is 0 Å². The second kappa shape index (κ2) is 15.7. The van der Waals surface area contributed by atoms with Gasteiger partial charge in [-0.05, 0) is 74.2 Å². The van der Waals surface area contributed by atoms with E-state index < -0.39 is 0 Å². The van der Waals surface area contributed by atoms with E-state index in [4.69, 9.17) is 0 Å². The van der Waals surface area contributed by atoms with Crippen molar-refractivity contribution in [1.82, 2.24) is 15.1 Å². The van der Waals surface area contributed by atoms with Crippen LogP contribution in [0.1, 0.15) is 65.4 Å². The van der Waals surface area contributed by atoms with E-state index in [0.717, 1.165) is 32.5 Å². The number of hydrogen-bond acceptors (Lipinski definition) is 3. The molecule has 2 atom stereocenters. The van der Waals surface area contributed by atoms with Crippen LogP contribution in [-0.2, 0) is 10.2 Å². The fourth-order valence-electron chi connectivity index (χ4n) is 5.56. The van der Waals surface area contributed by atoms with Crippen molar-refractivity contribution >= 4 is 41.5 Å². The molecule has 1 fully saturated rings. The quantitative estimate of drug-likeness (QED) is 0.354. The Kier molecular flexibility index (Phi) is 14.2. The van der Waals surface area contributed by atoms with Crippen LogP contribution in [0.15, 0.2) is 42.5 Å². The Morgan fingerprint density at radius 3 is 2.31 bits per heavy atom. The van der Waals surface area contributed by atoms with E-state index in [1.54, 1.807) is 0 Å². The highest BCUT2D eigenvalue weighted by Gasteiger charge is 2.39. The standard InChI is InChI=1S/C29H45N3O.2ClH/c1-5-24(4)29(18-21-32-19-11-8-12-20-32,23-30-28(33)22-31(6-2)7-3)27-17-13-15-25-14-9-10-16-26(25)27;;/h9-10,13-17,24H,5-8,11-12,18-23H2,1-4H3,(H,30,33);2*1H. The number of amides is 1. The molecule has 0 aromatic heterocycles. The number of piperidine rings is 1. The van der Waals surface area contributed by atoms with Crippen molar-refractivity contribution in [3.8, 4) is 0 Å². The zero-order valence-corrected chi connectivity index (χ0v) is 23.9. The minimum Gasteiger partial charge on any atom is -0.354 e. The smallest absolute Gasteiger partial charge is 0.234 e. The lowest BCUT2D eigenvalue weighted by atomic mass is 9.66. The van der Waals surface area contributed by atoms with Gasteiger partial charge >= 0.3 is 0 Å². The summed E-state index contributed by atoms with van der Waals surface area (Å²) in [6.07, 6.45) is 6.14. The lowest BCUT2D eigenvalue weighted by Gasteiger charge is -2.42. The van der Waals surface area contributed by atoms with Crippen LogP contribution in [0.5, 0.6) is 0 Å². The monoisotopic (exact) mass is 523 g/mol. The molecule has 0 bridgehead atoms. The molecule has 1 N–H and O–H groups in total. The Morgan fingerprint density at radius 1 is 1.00 bits per heavy atom. The third kappa shape index (κ3) is 8.08. The van der Waals surface area contributed by atoms with E-state index in [1.165, 1.54) is 48.7 Å². The molecule has 1 amide bonds. The molecule has 2 aromatic rings. The molecule has 1 saturated heterocycles. The van der Waals surface area contributed by atoms with E-state index >= 15 is 0 Å². The SMILES string of the molecule is CCC(C)C(CCN1CCCCC1)(CNC(=O)CN(CC)CC)c1cccc2ccccc12.Cl.Cl. The summed E-state index contributed by atoms with van der Waals surface area (Å²) in [4.78, 5) is 17.8. The number of fused-ring (bicyclic) bond motifs is 1. The molecule has 1 heterocycles. The zero-order valence-electron chi connectivity index (χ0n) is 22.2. The highest BCUT2D eigenvalue weighted by atomic mass is 35.5. The van der Waals surface area contributed by atoms with Gasteiger partial charge in [-0.15, -0.1) is 24.8 Å². The number of hydrogen-bond donors (Lipinski definition) is 1. The molecule has 4 nitrogen and oxygen atoms in total. The number of nitrogens with zero attached hydrogens (tertiary/aromatic N) is 2. The Balaban J connectivity index is 0.00000306.